The molecule has 0 saturated carbocycles. The molecule has 320 valence electrons. The minimum atomic E-state index is -1.96. The van der Waals surface area contributed by atoms with E-state index in [-0.39, 0.29) is 43.1 Å². The summed E-state index contributed by atoms with van der Waals surface area (Å²) >= 11 is 0. The van der Waals surface area contributed by atoms with Crippen molar-refractivity contribution in [2.45, 2.75) is 187 Å². The molecular weight excluding hydrogens is 714 g/mol. The van der Waals surface area contributed by atoms with Gasteiger partial charge in [-0.05, 0) is 74.9 Å². The van der Waals surface area contributed by atoms with E-state index >= 15 is 0 Å². The van der Waals surface area contributed by atoms with Crippen LogP contribution in [-0.2, 0) is 52.3 Å². The summed E-state index contributed by atoms with van der Waals surface area (Å²) in [7, 11) is 7.16. The highest BCUT2D eigenvalue weighted by Crippen LogP contribution is 2.42. The maximum atomic E-state index is 14.3. The Morgan fingerprint density at radius 1 is 0.873 bits per heavy atom. The Labute approximate surface area is 329 Å². The van der Waals surface area contributed by atoms with E-state index in [4.69, 9.17) is 37.9 Å². The molecule has 3 saturated heterocycles. The number of hydrogen-bond acceptors (Lipinski definition) is 14. The second kappa shape index (κ2) is 18.9. The summed E-state index contributed by atoms with van der Waals surface area (Å²) in [5, 5.41) is 23.2. The quantitative estimate of drug-likeness (QED) is 0.318. The molecule has 3 rings (SSSR count). The third kappa shape index (κ3) is 10.5. The Morgan fingerprint density at radius 2 is 1.45 bits per heavy atom. The molecule has 0 aromatic carbocycles. The number of nitrogens with zero attached hydrogens (tertiary/aromatic N) is 1. The number of esters is 2. The minimum Gasteiger partial charge on any atom is -0.459 e. The fourth-order valence-corrected chi connectivity index (χ4v) is 9.30. The molecule has 3 aliphatic heterocycles. The molecule has 3 fully saturated rings. The summed E-state index contributed by atoms with van der Waals surface area (Å²) in [5.41, 5.74) is -4.12. The summed E-state index contributed by atoms with van der Waals surface area (Å²) in [5.74, 6) is -4.75. The number of ether oxygens (including phenoxy) is 8. The van der Waals surface area contributed by atoms with Crippen molar-refractivity contribution < 1.29 is 62.5 Å². The van der Waals surface area contributed by atoms with E-state index in [1.807, 2.05) is 41.8 Å². The Kier molecular flexibility index (Phi) is 16.4. The van der Waals surface area contributed by atoms with Crippen molar-refractivity contribution in [3.05, 3.63) is 0 Å². The molecule has 0 aliphatic carbocycles. The van der Waals surface area contributed by atoms with Gasteiger partial charge in [0.25, 0.3) is 0 Å². The second-order valence-electron chi connectivity index (χ2n) is 17.6. The van der Waals surface area contributed by atoms with Crippen molar-refractivity contribution in [2.24, 2.45) is 29.6 Å². The zero-order valence-corrected chi connectivity index (χ0v) is 36.3. The van der Waals surface area contributed by atoms with Crippen molar-refractivity contribution in [1.29, 1.82) is 0 Å². The van der Waals surface area contributed by atoms with Crippen molar-refractivity contribution >= 4 is 17.7 Å². The fraction of sp³-hybridized carbons (Fsp3) is 0.927. The highest BCUT2D eigenvalue weighted by atomic mass is 16.7. The van der Waals surface area contributed by atoms with Gasteiger partial charge in [-0.2, -0.15) is 0 Å². The number of Topliss-reactive ketones (excluding diaryl/α,β-unsaturated/α-hetero) is 1. The average molecular weight is 788 g/mol. The van der Waals surface area contributed by atoms with Gasteiger partial charge in [0.15, 0.2) is 18.7 Å². The van der Waals surface area contributed by atoms with Gasteiger partial charge in [-0.25, -0.2) is 0 Å². The largest absolute Gasteiger partial charge is 0.459 e. The van der Waals surface area contributed by atoms with Crippen molar-refractivity contribution in [2.75, 3.05) is 28.3 Å². The predicted octanol–water partition coefficient (Wildman–Crippen LogP) is 4.29. The molecule has 0 amide bonds. The molecule has 3 aliphatic rings. The first-order valence-corrected chi connectivity index (χ1v) is 20.1. The molecule has 0 aromatic heterocycles. The van der Waals surface area contributed by atoms with Crippen LogP contribution >= 0.6 is 0 Å². The lowest BCUT2D eigenvalue weighted by molar-refractivity contribution is -0.315. The maximum absolute atomic E-state index is 14.3. The number of carbonyl (C=O) groups is 3. The van der Waals surface area contributed by atoms with Gasteiger partial charge < -0.3 is 53.0 Å². The average Bonchev–Trinajstić information content (AvgIpc) is 3.11. The van der Waals surface area contributed by atoms with Crippen LogP contribution in [0.4, 0.5) is 0 Å². The summed E-state index contributed by atoms with van der Waals surface area (Å²) in [6.07, 6.45) is -6.28. The topological polar surface area (TPSA) is 169 Å². The van der Waals surface area contributed by atoms with Gasteiger partial charge in [0.1, 0.15) is 23.1 Å². The van der Waals surface area contributed by atoms with Crippen molar-refractivity contribution in [3.8, 4) is 0 Å². The van der Waals surface area contributed by atoms with Crippen LogP contribution in [0.15, 0.2) is 0 Å². The van der Waals surface area contributed by atoms with Gasteiger partial charge in [-0.3, -0.25) is 14.4 Å². The zero-order chi connectivity index (χ0) is 42.0. The number of aliphatic hydroxyl groups excluding tert-OH is 1. The van der Waals surface area contributed by atoms with Crippen LogP contribution in [0.2, 0.25) is 0 Å². The number of rotatable bonds is 9. The summed E-state index contributed by atoms with van der Waals surface area (Å²) < 4.78 is 50.8. The van der Waals surface area contributed by atoms with Gasteiger partial charge in [0.2, 0.25) is 0 Å². The van der Waals surface area contributed by atoms with Gasteiger partial charge >= 0.3 is 11.9 Å². The first-order chi connectivity index (χ1) is 25.4. The minimum absolute atomic E-state index is 0.0701. The molecule has 14 nitrogen and oxygen atoms in total. The molecule has 2 N–H and O–H groups in total. The van der Waals surface area contributed by atoms with Crippen LogP contribution in [0.3, 0.4) is 0 Å². The lowest BCUT2D eigenvalue weighted by Gasteiger charge is -2.50. The van der Waals surface area contributed by atoms with Crippen LogP contribution in [0, 0.1) is 29.6 Å². The number of aliphatic hydroxyl groups is 2. The van der Waals surface area contributed by atoms with Gasteiger partial charge in [0.05, 0.1) is 42.0 Å². The fourth-order valence-electron chi connectivity index (χ4n) is 9.30. The first-order valence-electron chi connectivity index (χ1n) is 20.1. The highest BCUT2D eigenvalue weighted by Gasteiger charge is 2.54. The van der Waals surface area contributed by atoms with E-state index < -0.39 is 102 Å². The number of cyclic esters (lactones) is 1. The smallest absolute Gasteiger partial charge is 0.311 e. The number of hydrogen-bond donors (Lipinski definition) is 2. The lowest BCUT2D eigenvalue weighted by Crippen LogP contribution is -2.61. The Balaban J connectivity index is 2.23. The standard InChI is InChI=1S/C41H73NO13/c1-17-30-41(12,47)34(45)24(5)32(44)21(2)19-39(10,48-15)35(55-38-23(4)29(42(13)14)18-22(3)50-38)25(6)33(26(7)37(46)53-30)54-31-20-40(11,49-16)36(27(8)51-31)52-28(9)43/h21-27,29-31,33-36,38,45,47H,17-20H2,1-16H3/t21-,22?,23?,24+,25+,26-,27?,29?,30-,31?,33+,34-,35-,36?,38?,39+,40?,41-/m1/s1. The first kappa shape index (κ1) is 47.6. The Hall–Kier alpha value is -1.75. The van der Waals surface area contributed by atoms with Gasteiger partial charge in [0, 0.05) is 57.3 Å². The monoisotopic (exact) mass is 788 g/mol. The third-order valence-corrected chi connectivity index (χ3v) is 12.9. The van der Waals surface area contributed by atoms with Crippen LogP contribution in [-0.4, -0.2) is 139 Å². The molecule has 0 bridgehead atoms. The Bertz CT molecular complexity index is 1300. The molecule has 55 heavy (non-hydrogen) atoms. The van der Waals surface area contributed by atoms with Crippen molar-refractivity contribution in [1.82, 2.24) is 4.90 Å². The van der Waals surface area contributed by atoms with Crippen LogP contribution in [0.1, 0.15) is 109 Å². The molecule has 18 atom stereocenters. The molecule has 0 aromatic rings. The molecule has 8 unspecified atom stereocenters. The van der Waals surface area contributed by atoms with Crippen LogP contribution < -0.4 is 0 Å². The van der Waals surface area contributed by atoms with Crippen LogP contribution in [0.5, 0.6) is 0 Å². The van der Waals surface area contributed by atoms with E-state index in [9.17, 15) is 24.6 Å². The zero-order valence-electron chi connectivity index (χ0n) is 36.3. The van der Waals surface area contributed by atoms with E-state index in [2.05, 4.69) is 11.8 Å². The third-order valence-electron chi connectivity index (χ3n) is 12.9. The normalized spacial score (nSPS) is 46.9. The summed E-state index contributed by atoms with van der Waals surface area (Å²) in [6.45, 7) is 21.0. The number of ketones is 1. The van der Waals surface area contributed by atoms with Crippen LogP contribution in [0.25, 0.3) is 0 Å². The summed E-state index contributed by atoms with van der Waals surface area (Å²) in [6, 6.07) is 0.146. The van der Waals surface area contributed by atoms with Gasteiger partial charge in [-0.15, -0.1) is 0 Å². The molecule has 3 heterocycles. The van der Waals surface area contributed by atoms with E-state index in [0.717, 1.165) is 6.42 Å². The SMILES string of the molecule is CC[C@H]1OC(=O)[C@H](C)[C@@H](OC2CC(C)(OC)C(OC(C)=O)C(C)O2)[C@H](C)[C@@H](OC2OC(C)CC(N(C)C)C2C)[C@@](C)(OC)C[C@@H](C)C(=O)[C@H](C)[C@@H](O)[C@]1(C)O. The molecule has 0 spiro atoms. The second-order valence-corrected chi connectivity index (χ2v) is 17.6. The summed E-state index contributed by atoms with van der Waals surface area (Å²) in [4.78, 5) is 42.6. The number of carbonyl (C=O) groups excluding carboxylic acids is 3. The van der Waals surface area contributed by atoms with E-state index in [1.165, 1.54) is 21.0 Å². The number of methoxy groups -OCH3 is 2. The molecular formula is C41H73NO13. The highest BCUT2D eigenvalue weighted by molar-refractivity contribution is 5.83. The Morgan fingerprint density at radius 3 is 1.98 bits per heavy atom. The lowest BCUT2D eigenvalue weighted by atomic mass is 9.73. The molecule has 0 radical (unpaired) electrons. The van der Waals surface area contributed by atoms with E-state index in [1.54, 1.807) is 41.7 Å². The van der Waals surface area contributed by atoms with Gasteiger partial charge in [-0.1, -0.05) is 34.6 Å². The predicted molar refractivity (Wildman–Crippen MR) is 204 cm³/mol. The van der Waals surface area contributed by atoms with Crippen molar-refractivity contribution in [3.63, 3.8) is 0 Å². The maximum Gasteiger partial charge on any atom is 0.311 e. The molecule has 14 heteroatoms. The van der Waals surface area contributed by atoms with E-state index in [0.29, 0.717) is 0 Å².